The summed E-state index contributed by atoms with van der Waals surface area (Å²) in [6.07, 6.45) is 0. The fourth-order valence-corrected chi connectivity index (χ4v) is 9.52. The Morgan fingerprint density at radius 3 is 1.51 bits per heavy atom. The van der Waals surface area contributed by atoms with Crippen LogP contribution >= 0.6 is 0 Å². The molecule has 0 amide bonds. The first-order chi connectivity index (χ1) is 31.2. The summed E-state index contributed by atoms with van der Waals surface area (Å²) in [5.41, 5.74) is 13.4. The molecular weight excluding hydrogens is 771 g/mol. The molecule has 0 saturated heterocycles. The summed E-state index contributed by atoms with van der Waals surface area (Å²) in [5, 5.41) is 6.83. The van der Waals surface area contributed by atoms with Crippen molar-refractivity contribution in [3.05, 3.63) is 212 Å². The number of para-hydroxylation sites is 4. The van der Waals surface area contributed by atoms with E-state index in [1.165, 1.54) is 16.3 Å². The van der Waals surface area contributed by atoms with Crippen LogP contribution in [0.1, 0.15) is 0 Å². The van der Waals surface area contributed by atoms with Gasteiger partial charge in [-0.3, -0.25) is 0 Å². The van der Waals surface area contributed by atoms with Crippen LogP contribution < -0.4 is 0 Å². The van der Waals surface area contributed by atoms with Gasteiger partial charge in [-0.1, -0.05) is 158 Å². The molecule has 4 heterocycles. The highest BCUT2D eigenvalue weighted by molar-refractivity contribution is 6.26. The van der Waals surface area contributed by atoms with Crippen molar-refractivity contribution >= 4 is 65.6 Å². The predicted molar refractivity (Wildman–Crippen MR) is 258 cm³/mol. The molecule has 0 N–H and O–H groups in total. The first-order valence-corrected chi connectivity index (χ1v) is 21.2. The molecule has 4 aromatic heterocycles. The lowest BCUT2D eigenvalue weighted by Crippen LogP contribution is -2.00. The third-order valence-corrected chi connectivity index (χ3v) is 12.4. The Balaban J connectivity index is 1.04. The van der Waals surface area contributed by atoms with Crippen LogP contribution in [0.15, 0.2) is 217 Å². The Labute approximate surface area is 361 Å². The molecule has 6 heteroatoms. The fraction of sp³-hybridized carbons (Fsp3) is 0. The third kappa shape index (κ3) is 5.55. The highest BCUT2D eigenvalue weighted by atomic mass is 16.3. The smallest absolute Gasteiger partial charge is 0.164 e. The van der Waals surface area contributed by atoms with E-state index in [0.717, 1.165) is 88.5 Å². The van der Waals surface area contributed by atoms with Gasteiger partial charge < -0.3 is 13.6 Å². The molecule has 0 bridgehead atoms. The van der Waals surface area contributed by atoms with Crippen molar-refractivity contribution in [3.63, 3.8) is 0 Å². The predicted octanol–water partition coefficient (Wildman–Crippen LogP) is 14.6. The molecule has 0 saturated carbocycles. The highest BCUT2D eigenvalue weighted by Crippen LogP contribution is 2.46. The second-order valence-corrected chi connectivity index (χ2v) is 16.0. The standard InChI is InChI=1S/C57H35N5O/c1-4-16-37(17-5-1)55-58-56(38-18-6-2-7-19-38)60-57(59-55)39-30-28-36(29-31-39)45-35-47-43-23-12-15-27-51(43)63-54(47)53-52(45)44-24-11-14-26-49(44)62(53)41-32-33-50-46(34-41)42-22-10-13-25-48(42)61(50)40-20-8-3-9-21-40/h1-35H. The molecule has 0 aliphatic heterocycles. The minimum absolute atomic E-state index is 0.622. The maximum atomic E-state index is 6.89. The van der Waals surface area contributed by atoms with Gasteiger partial charge in [-0.25, -0.2) is 15.0 Å². The number of furan rings is 1. The second kappa shape index (κ2) is 14.0. The molecular formula is C57H35N5O. The molecule has 13 rings (SSSR count). The van der Waals surface area contributed by atoms with Crippen molar-refractivity contribution in [2.75, 3.05) is 0 Å². The zero-order valence-electron chi connectivity index (χ0n) is 33.9. The van der Waals surface area contributed by atoms with E-state index in [4.69, 9.17) is 19.4 Å². The Kier molecular flexibility index (Phi) is 7.80. The molecule has 0 spiro atoms. The van der Waals surface area contributed by atoms with Gasteiger partial charge in [0.15, 0.2) is 23.1 Å². The molecule has 6 nitrogen and oxygen atoms in total. The molecule has 0 radical (unpaired) electrons. The number of nitrogens with zero attached hydrogens (tertiary/aromatic N) is 5. The van der Waals surface area contributed by atoms with Crippen LogP contribution in [0.3, 0.4) is 0 Å². The summed E-state index contributed by atoms with van der Waals surface area (Å²) in [4.78, 5) is 15.0. The summed E-state index contributed by atoms with van der Waals surface area (Å²) in [7, 11) is 0. The van der Waals surface area contributed by atoms with Crippen LogP contribution in [-0.2, 0) is 0 Å². The number of hydrogen-bond donors (Lipinski definition) is 0. The van der Waals surface area contributed by atoms with Crippen molar-refractivity contribution in [3.8, 4) is 56.7 Å². The molecule has 0 fully saturated rings. The average molecular weight is 806 g/mol. The van der Waals surface area contributed by atoms with Crippen LogP contribution in [0.5, 0.6) is 0 Å². The van der Waals surface area contributed by atoms with Crippen molar-refractivity contribution in [2.24, 2.45) is 0 Å². The number of hydrogen-bond acceptors (Lipinski definition) is 4. The Morgan fingerprint density at radius 2 is 0.841 bits per heavy atom. The van der Waals surface area contributed by atoms with Crippen LogP contribution in [0.4, 0.5) is 0 Å². The molecule has 9 aromatic carbocycles. The van der Waals surface area contributed by atoms with Gasteiger partial charge in [0.2, 0.25) is 0 Å². The van der Waals surface area contributed by atoms with E-state index in [1.807, 2.05) is 66.7 Å². The molecule has 0 aliphatic carbocycles. The minimum Gasteiger partial charge on any atom is -0.454 e. The summed E-state index contributed by atoms with van der Waals surface area (Å²) in [5.74, 6) is 1.90. The van der Waals surface area contributed by atoms with Gasteiger partial charge in [-0.2, -0.15) is 0 Å². The summed E-state index contributed by atoms with van der Waals surface area (Å²) < 4.78 is 11.7. The monoisotopic (exact) mass is 805 g/mol. The first kappa shape index (κ1) is 35.2. The summed E-state index contributed by atoms with van der Waals surface area (Å²) in [6, 6.07) is 74.4. The van der Waals surface area contributed by atoms with Gasteiger partial charge in [-0.05, 0) is 65.7 Å². The van der Waals surface area contributed by atoms with E-state index in [0.29, 0.717) is 17.5 Å². The van der Waals surface area contributed by atoms with Crippen LogP contribution in [0, 0.1) is 0 Å². The maximum absolute atomic E-state index is 6.89. The van der Waals surface area contributed by atoms with Crippen molar-refractivity contribution in [1.82, 2.24) is 24.1 Å². The first-order valence-electron chi connectivity index (χ1n) is 21.2. The lowest BCUT2D eigenvalue weighted by molar-refractivity contribution is 0.671. The van der Waals surface area contributed by atoms with Gasteiger partial charge >= 0.3 is 0 Å². The second-order valence-electron chi connectivity index (χ2n) is 16.0. The SMILES string of the molecule is c1ccc(-c2nc(-c3ccccc3)nc(-c3ccc(-c4cc5c6ccccc6oc5c5c4c4ccccc4n5-c4ccc5c(c4)c4ccccc4n5-c4ccccc4)cc3)n2)cc1. The fourth-order valence-electron chi connectivity index (χ4n) is 9.52. The van der Waals surface area contributed by atoms with E-state index in [-0.39, 0.29) is 0 Å². The van der Waals surface area contributed by atoms with Gasteiger partial charge in [0, 0.05) is 60.4 Å². The van der Waals surface area contributed by atoms with Crippen LogP contribution in [0.2, 0.25) is 0 Å². The zero-order chi connectivity index (χ0) is 41.4. The number of aromatic nitrogens is 5. The van der Waals surface area contributed by atoms with Gasteiger partial charge in [0.05, 0.1) is 22.1 Å². The van der Waals surface area contributed by atoms with Crippen molar-refractivity contribution < 1.29 is 4.42 Å². The molecule has 13 aromatic rings. The van der Waals surface area contributed by atoms with E-state index in [2.05, 4.69) is 155 Å². The summed E-state index contributed by atoms with van der Waals surface area (Å²) >= 11 is 0. The maximum Gasteiger partial charge on any atom is 0.164 e. The minimum atomic E-state index is 0.622. The highest BCUT2D eigenvalue weighted by Gasteiger charge is 2.24. The van der Waals surface area contributed by atoms with E-state index < -0.39 is 0 Å². The Hall–Kier alpha value is -8.61. The quantitative estimate of drug-likeness (QED) is 0.168. The largest absolute Gasteiger partial charge is 0.454 e. The van der Waals surface area contributed by atoms with E-state index in [9.17, 15) is 0 Å². The topological polar surface area (TPSA) is 61.7 Å². The molecule has 0 aliphatic rings. The third-order valence-electron chi connectivity index (χ3n) is 12.4. The van der Waals surface area contributed by atoms with Gasteiger partial charge in [0.25, 0.3) is 0 Å². The number of fused-ring (bicyclic) bond motifs is 10. The summed E-state index contributed by atoms with van der Waals surface area (Å²) in [6.45, 7) is 0. The molecule has 0 unspecified atom stereocenters. The molecule has 294 valence electrons. The number of rotatable bonds is 6. The van der Waals surface area contributed by atoms with Crippen molar-refractivity contribution in [2.45, 2.75) is 0 Å². The van der Waals surface area contributed by atoms with E-state index >= 15 is 0 Å². The Bertz CT molecular complexity index is 3830. The number of benzene rings is 9. The van der Waals surface area contributed by atoms with Crippen molar-refractivity contribution in [1.29, 1.82) is 0 Å². The lowest BCUT2D eigenvalue weighted by Gasteiger charge is -2.12. The average Bonchev–Trinajstić information content (AvgIpc) is 4.02. The Morgan fingerprint density at radius 1 is 0.333 bits per heavy atom. The van der Waals surface area contributed by atoms with Gasteiger partial charge in [0.1, 0.15) is 5.58 Å². The zero-order valence-corrected chi connectivity index (χ0v) is 33.9. The normalized spacial score (nSPS) is 11.8. The van der Waals surface area contributed by atoms with Gasteiger partial charge in [-0.15, -0.1) is 0 Å². The molecule has 0 atom stereocenters. The lowest BCUT2D eigenvalue weighted by atomic mass is 9.96. The van der Waals surface area contributed by atoms with E-state index in [1.54, 1.807) is 0 Å². The van der Waals surface area contributed by atoms with Crippen LogP contribution in [0.25, 0.3) is 122 Å². The molecule has 63 heavy (non-hydrogen) atoms. The van der Waals surface area contributed by atoms with Crippen LogP contribution in [-0.4, -0.2) is 24.1 Å².